The van der Waals surface area contributed by atoms with Crippen molar-refractivity contribution >= 4 is 12.3 Å². The Balaban J connectivity index is 4.06. The standard InChI is InChI=1S/C12H21FN2O2/c1-4-12(13,5-2)7-9-15(3)8-6-11(17)14-10-16/h6,8,10H,4-5,7,9H2,1-3H3,(H,14,16,17)/b8-6-. The minimum atomic E-state index is -1.13. The molecular formula is C12H21FN2O2. The van der Waals surface area contributed by atoms with Gasteiger partial charge in [-0.25, -0.2) is 4.39 Å². The van der Waals surface area contributed by atoms with Crippen LogP contribution in [-0.2, 0) is 9.59 Å². The van der Waals surface area contributed by atoms with Gasteiger partial charge in [-0.3, -0.25) is 14.9 Å². The highest BCUT2D eigenvalue weighted by molar-refractivity contribution is 5.94. The fourth-order valence-corrected chi connectivity index (χ4v) is 1.36. The minimum absolute atomic E-state index is 0.327. The van der Waals surface area contributed by atoms with Crippen molar-refractivity contribution in [3.8, 4) is 0 Å². The van der Waals surface area contributed by atoms with Crippen molar-refractivity contribution in [3.05, 3.63) is 12.3 Å². The molecule has 0 aliphatic heterocycles. The van der Waals surface area contributed by atoms with Crippen LogP contribution >= 0.6 is 0 Å². The van der Waals surface area contributed by atoms with Crippen LogP contribution in [0, 0.1) is 0 Å². The van der Waals surface area contributed by atoms with E-state index in [0.717, 1.165) is 0 Å². The monoisotopic (exact) mass is 244 g/mol. The fourth-order valence-electron chi connectivity index (χ4n) is 1.36. The number of nitrogens with zero attached hydrogens (tertiary/aromatic N) is 1. The number of hydrogen-bond donors (Lipinski definition) is 1. The van der Waals surface area contributed by atoms with E-state index in [9.17, 15) is 14.0 Å². The van der Waals surface area contributed by atoms with E-state index in [1.54, 1.807) is 11.9 Å². The maximum Gasteiger partial charge on any atom is 0.251 e. The first-order valence-corrected chi connectivity index (χ1v) is 5.79. The lowest BCUT2D eigenvalue weighted by atomic mass is 9.95. The molecule has 1 N–H and O–H groups in total. The Kier molecular flexibility index (Phi) is 7.18. The number of carbonyl (C=O) groups excluding carboxylic acids is 2. The summed E-state index contributed by atoms with van der Waals surface area (Å²) in [5.74, 6) is -0.482. The Morgan fingerprint density at radius 2 is 2.00 bits per heavy atom. The van der Waals surface area contributed by atoms with E-state index in [4.69, 9.17) is 0 Å². The largest absolute Gasteiger partial charge is 0.380 e. The molecule has 0 aromatic heterocycles. The van der Waals surface area contributed by atoms with Gasteiger partial charge in [0.2, 0.25) is 6.41 Å². The Bertz CT molecular complexity index is 276. The Labute approximate surface area is 102 Å². The second-order valence-corrected chi connectivity index (χ2v) is 4.03. The van der Waals surface area contributed by atoms with Gasteiger partial charge >= 0.3 is 0 Å². The van der Waals surface area contributed by atoms with E-state index in [1.165, 1.54) is 12.3 Å². The summed E-state index contributed by atoms with van der Waals surface area (Å²) in [6.45, 7) is 4.19. The molecule has 0 unspecified atom stereocenters. The van der Waals surface area contributed by atoms with Crippen LogP contribution in [0.2, 0.25) is 0 Å². The average Bonchev–Trinajstić information content (AvgIpc) is 2.34. The first-order valence-electron chi connectivity index (χ1n) is 5.79. The summed E-state index contributed by atoms with van der Waals surface area (Å²) in [6.07, 6.45) is 4.51. The molecule has 0 saturated heterocycles. The van der Waals surface area contributed by atoms with Crippen molar-refractivity contribution < 1.29 is 14.0 Å². The predicted molar refractivity (Wildman–Crippen MR) is 65.0 cm³/mol. The lowest BCUT2D eigenvalue weighted by Crippen LogP contribution is -2.27. The number of amides is 2. The lowest BCUT2D eigenvalue weighted by Gasteiger charge is -2.24. The molecule has 17 heavy (non-hydrogen) atoms. The van der Waals surface area contributed by atoms with Crippen LogP contribution in [0.15, 0.2) is 12.3 Å². The van der Waals surface area contributed by atoms with Crippen molar-refractivity contribution in [2.24, 2.45) is 0 Å². The van der Waals surface area contributed by atoms with E-state index in [-0.39, 0.29) is 0 Å². The van der Waals surface area contributed by atoms with Crippen molar-refractivity contribution in [2.75, 3.05) is 13.6 Å². The smallest absolute Gasteiger partial charge is 0.251 e. The third-order valence-corrected chi connectivity index (χ3v) is 2.86. The molecule has 0 spiro atoms. The molecule has 0 aliphatic carbocycles. The predicted octanol–water partition coefficient (Wildman–Crippen LogP) is 1.62. The van der Waals surface area contributed by atoms with Crippen LogP contribution in [0.25, 0.3) is 0 Å². The first-order chi connectivity index (χ1) is 7.97. The Morgan fingerprint density at radius 3 is 2.47 bits per heavy atom. The number of hydrogen-bond acceptors (Lipinski definition) is 3. The highest BCUT2D eigenvalue weighted by Crippen LogP contribution is 2.24. The summed E-state index contributed by atoms with van der Waals surface area (Å²) in [6, 6.07) is 0. The van der Waals surface area contributed by atoms with Gasteiger partial charge in [0.25, 0.3) is 5.91 Å². The van der Waals surface area contributed by atoms with Crippen molar-refractivity contribution in [1.29, 1.82) is 0 Å². The molecule has 0 aromatic rings. The molecule has 0 radical (unpaired) electrons. The first kappa shape index (κ1) is 15.6. The fraction of sp³-hybridized carbons (Fsp3) is 0.667. The normalized spacial score (nSPS) is 11.5. The van der Waals surface area contributed by atoms with Gasteiger partial charge in [-0.05, 0) is 19.3 Å². The quantitative estimate of drug-likeness (QED) is 0.521. The molecule has 0 rings (SSSR count). The summed E-state index contributed by atoms with van der Waals surface area (Å²) in [7, 11) is 1.76. The molecule has 0 heterocycles. The topological polar surface area (TPSA) is 49.4 Å². The zero-order chi connectivity index (χ0) is 13.3. The molecule has 0 fully saturated rings. The summed E-state index contributed by atoms with van der Waals surface area (Å²) in [5.41, 5.74) is -1.13. The minimum Gasteiger partial charge on any atom is -0.380 e. The third-order valence-electron chi connectivity index (χ3n) is 2.86. The molecule has 0 saturated carbocycles. The lowest BCUT2D eigenvalue weighted by molar-refractivity contribution is -0.121. The number of rotatable bonds is 8. The number of carbonyl (C=O) groups is 2. The van der Waals surface area contributed by atoms with E-state index in [1.807, 2.05) is 19.2 Å². The summed E-state index contributed by atoms with van der Waals surface area (Å²) >= 11 is 0. The van der Waals surface area contributed by atoms with E-state index in [0.29, 0.717) is 32.2 Å². The maximum absolute atomic E-state index is 14.0. The molecule has 5 heteroatoms. The molecule has 0 bridgehead atoms. The molecule has 4 nitrogen and oxygen atoms in total. The maximum atomic E-state index is 14.0. The van der Waals surface area contributed by atoms with Gasteiger partial charge < -0.3 is 4.90 Å². The SMILES string of the molecule is CCC(F)(CC)CCN(C)/C=C\C(=O)NC=O. The van der Waals surface area contributed by atoms with Crippen LogP contribution in [0.5, 0.6) is 0 Å². The van der Waals surface area contributed by atoms with Gasteiger partial charge in [0.15, 0.2) is 0 Å². The van der Waals surface area contributed by atoms with Crippen molar-refractivity contribution in [2.45, 2.75) is 38.8 Å². The van der Waals surface area contributed by atoms with Gasteiger partial charge in [0, 0.05) is 25.9 Å². The van der Waals surface area contributed by atoms with Crippen LogP contribution in [0.3, 0.4) is 0 Å². The molecule has 0 aliphatic rings. The molecule has 2 amide bonds. The summed E-state index contributed by atoms with van der Waals surface area (Å²) in [4.78, 5) is 22.6. The highest BCUT2D eigenvalue weighted by Gasteiger charge is 2.24. The summed E-state index contributed by atoms with van der Waals surface area (Å²) < 4.78 is 14.0. The van der Waals surface area contributed by atoms with Gasteiger partial charge in [0.1, 0.15) is 5.67 Å². The highest BCUT2D eigenvalue weighted by atomic mass is 19.1. The summed E-state index contributed by atoms with van der Waals surface area (Å²) in [5, 5.41) is 1.99. The number of alkyl halides is 1. The molecule has 0 atom stereocenters. The number of imide groups is 1. The number of nitrogens with one attached hydrogen (secondary N) is 1. The average molecular weight is 244 g/mol. The van der Waals surface area contributed by atoms with E-state index < -0.39 is 11.6 Å². The van der Waals surface area contributed by atoms with Crippen molar-refractivity contribution in [1.82, 2.24) is 10.2 Å². The third kappa shape index (κ3) is 6.71. The molecule has 98 valence electrons. The molecular weight excluding hydrogens is 223 g/mol. The van der Waals surface area contributed by atoms with E-state index in [2.05, 4.69) is 0 Å². The van der Waals surface area contributed by atoms with E-state index >= 15 is 0 Å². The van der Waals surface area contributed by atoms with Crippen molar-refractivity contribution in [3.63, 3.8) is 0 Å². The zero-order valence-electron chi connectivity index (χ0n) is 10.7. The second-order valence-electron chi connectivity index (χ2n) is 4.03. The van der Waals surface area contributed by atoms with Gasteiger partial charge in [-0.2, -0.15) is 0 Å². The van der Waals surface area contributed by atoms with Crippen LogP contribution < -0.4 is 5.32 Å². The van der Waals surface area contributed by atoms with Gasteiger partial charge in [-0.1, -0.05) is 13.8 Å². The zero-order valence-corrected chi connectivity index (χ0v) is 10.7. The Hall–Kier alpha value is -1.39. The molecule has 0 aromatic carbocycles. The van der Waals surface area contributed by atoms with Gasteiger partial charge in [0.05, 0.1) is 0 Å². The number of halogens is 1. The Morgan fingerprint density at radius 1 is 1.41 bits per heavy atom. The second kappa shape index (κ2) is 7.81. The van der Waals surface area contributed by atoms with Crippen LogP contribution in [0.4, 0.5) is 4.39 Å². The van der Waals surface area contributed by atoms with Gasteiger partial charge in [-0.15, -0.1) is 0 Å². The van der Waals surface area contributed by atoms with Crippen LogP contribution in [-0.4, -0.2) is 36.5 Å². The van der Waals surface area contributed by atoms with Crippen LogP contribution in [0.1, 0.15) is 33.1 Å².